The molecule has 1 atom stereocenters. The average molecular weight is 323 g/mol. The summed E-state index contributed by atoms with van der Waals surface area (Å²) in [6.07, 6.45) is 2.14. The highest BCUT2D eigenvalue weighted by molar-refractivity contribution is 6.04. The van der Waals surface area contributed by atoms with Crippen molar-refractivity contribution in [2.75, 3.05) is 0 Å². The maximum Gasteiger partial charge on any atom is 0.272 e. The quantitative estimate of drug-likeness (QED) is 0.734. The molecule has 1 amide bonds. The minimum Gasteiger partial charge on any atom is -0.348 e. The van der Waals surface area contributed by atoms with E-state index in [1.165, 1.54) is 0 Å². The van der Waals surface area contributed by atoms with Crippen LogP contribution in [0.25, 0.3) is 10.9 Å². The number of carbonyl (C=O) groups excluding carboxylic acids is 1. The van der Waals surface area contributed by atoms with Gasteiger partial charge in [0.15, 0.2) is 5.69 Å². The summed E-state index contributed by atoms with van der Waals surface area (Å²) in [6.45, 7) is 0. The molecule has 0 radical (unpaired) electrons. The van der Waals surface area contributed by atoms with Crippen LogP contribution in [-0.4, -0.2) is 31.9 Å². The van der Waals surface area contributed by atoms with Crippen LogP contribution in [0.15, 0.2) is 35.1 Å². The first-order valence-corrected chi connectivity index (χ1v) is 7.92. The minimum absolute atomic E-state index is 0.0191. The number of aromatic nitrogens is 4. The van der Waals surface area contributed by atoms with Crippen molar-refractivity contribution in [1.82, 2.24) is 25.3 Å². The summed E-state index contributed by atoms with van der Waals surface area (Å²) < 4.78 is 1.71. The van der Waals surface area contributed by atoms with E-state index in [2.05, 4.69) is 20.6 Å². The van der Waals surface area contributed by atoms with Crippen LogP contribution in [0.5, 0.6) is 0 Å². The number of aryl methyl sites for hydroxylation is 2. The molecule has 3 aromatic rings. The van der Waals surface area contributed by atoms with Gasteiger partial charge in [0.2, 0.25) is 0 Å². The molecule has 1 aliphatic rings. The molecule has 2 heterocycles. The number of H-pyrrole nitrogens is 1. The van der Waals surface area contributed by atoms with Crippen molar-refractivity contribution in [3.63, 3.8) is 0 Å². The van der Waals surface area contributed by atoms with E-state index in [1.54, 1.807) is 10.7 Å². The van der Waals surface area contributed by atoms with Gasteiger partial charge in [0, 0.05) is 24.5 Å². The Bertz CT molecular complexity index is 988. The van der Waals surface area contributed by atoms with Gasteiger partial charge >= 0.3 is 0 Å². The zero-order valence-electron chi connectivity index (χ0n) is 13.2. The summed E-state index contributed by atoms with van der Waals surface area (Å²) in [5.74, 6) is -0.182. The van der Waals surface area contributed by atoms with E-state index in [0.717, 1.165) is 35.0 Å². The Morgan fingerprint density at radius 3 is 3.08 bits per heavy atom. The number of benzene rings is 1. The SMILES string of the molecule is Cn1nc(C(=O)N[C@@H]2CCc3n[nH]c(=O)cc3C2)c2ccccc21. The molecule has 7 nitrogen and oxygen atoms in total. The van der Waals surface area contributed by atoms with Gasteiger partial charge in [0.25, 0.3) is 11.5 Å². The van der Waals surface area contributed by atoms with Gasteiger partial charge in [0.05, 0.1) is 11.2 Å². The fraction of sp³-hybridized carbons (Fsp3) is 0.294. The Kier molecular flexibility index (Phi) is 3.41. The fourth-order valence-electron chi connectivity index (χ4n) is 3.30. The first-order valence-electron chi connectivity index (χ1n) is 7.92. The van der Waals surface area contributed by atoms with Crippen LogP contribution >= 0.6 is 0 Å². The normalized spacial score (nSPS) is 16.8. The molecule has 0 saturated heterocycles. The molecule has 0 fully saturated rings. The van der Waals surface area contributed by atoms with Gasteiger partial charge in [-0.05, 0) is 30.9 Å². The van der Waals surface area contributed by atoms with Crippen molar-refractivity contribution in [2.45, 2.75) is 25.3 Å². The number of aromatic amines is 1. The second kappa shape index (κ2) is 5.59. The molecule has 0 spiro atoms. The topological polar surface area (TPSA) is 92.7 Å². The highest BCUT2D eigenvalue weighted by Crippen LogP contribution is 2.20. The molecule has 0 bridgehead atoms. The van der Waals surface area contributed by atoms with Crippen molar-refractivity contribution in [3.8, 4) is 0 Å². The Hall–Kier alpha value is -2.96. The summed E-state index contributed by atoms with van der Waals surface area (Å²) in [6, 6.07) is 9.21. The maximum atomic E-state index is 12.6. The summed E-state index contributed by atoms with van der Waals surface area (Å²) in [7, 11) is 1.83. The highest BCUT2D eigenvalue weighted by Gasteiger charge is 2.24. The zero-order chi connectivity index (χ0) is 16.7. The van der Waals surface area contributed by atoms with Gasteiger partial charge in [-0.15, -0.1) is 0 Å². The lowest BCUT2D eigenvalue weighted by atomic mass is 9.92. The standard InChI is InChI=1S/C17H17N5O2/c1-22-14-5-3-2-4-12(14)16(21-22)17(24)18-11-6-7-13-10(8-11)9-15(23)20-19-13/h2-5,9,11H,6-8H2,1H3,(H,18,24)(H,20,23)/t11-/m1/s1. The lowest BCUT2D eigenvalue weighted by molar-refractivity contribution is 0.0929. The van der Waals surface area contributed by atoms with Crippen LogP contribution in [0, 0.1) is 0 Å². The van der Waals surface area contributed by atoms with Gasteiger partial charge in [-0.1, -0.05) is 18.2 Å². The molecule has 2 N–H and O–H groups in total. The van der Waals surface area contributed by atoms with E-state index in [1.807, 2.05) is 31.3 Å². The van der Waals surface area contributed by atoms with Crippen LogP contribution in [-0.2, 0) is 19.9 Å². The van der Waals surface area contributed by atoms with Gasteiger partial charge in [-0.2, -0.15) is 10.2 Å². The predicted molar refractivity (Wildman–Crippen MR) is 88.9 cm³/mol. The molecule has 2 aromatic heterocycles. The van der Waals surface area contributed by atoms with E-state index in [0.29, 0.717) is 12.1 Å². The smallest absolute Gasteiger partial charge is 0.272 e. The molecule has 4 rings (SSSR count). The second-order valence-corrected chi connectivity index (χ2v) is 6.11. The van der Waals surface area contributed by atoms with E-state index < -0.39 is 0 Å². The van der Waals surface area contributed by atoms with Crippen LogP contribution in [0.2, 0.25) is 0 Å². The van der Waals surface area contributed by atoms with Crippen LogP contribution in [0.3, 0.4) is 0 Å². The Morgan fingerprint density at radius 1 is 1.38 bits per heavy atom. The molecular formula is C17H17N5O2. The molecule has 1 aromatic carbocycles. The van der Waals surface area contributed by atoms with Crippen molar-refractivity contribution in [2.24, 2.45) is 7.05 Å². The maximum absolute atomic E-state index is 12.6. The van der Waals surface area contributed by atoms with E-state index in [-0.39, 0.29) is 17.5 Å². The van der Waals surface area contributed by atoms with Gasteiger partial charge < -0.3 is 5.32 Å². The molecule has 0 saturated carbocycles. The number of amides is 1. The number of fused-ring (bicyclic) bond motifs is 2. The Labute approximate surface area is 137 Å². The van der Waals surface area contributed by atoms with E-state index >= 15 is 0 Å². The van der Waals surface area contributed by atoms with Gasteiger partial charge in [-0.25, -0.2) is 5.10 Å². The molecule has 1 aliphatic carbocycles. The summed E-state index contributed by atoms with van der Waals surface area (Å²) in [5.41, 5.74) is 2.95. The number of nitrogens with one attached hydrogen (secondary N) is 2. The summed E-state index contributed by atoms with van der Waals surface area (Å²) in [4.78, 5) is 24.1. The fourth-order valence-corrected chi connectivity index (χ4v) is 3.30. The van der Waals surface area contributed by atoms with Crippen molar-refractivity contribution >= 4 is 16.8 Å². The lowest BCUT2D eigenvalue weighted by Crippen LogP contribution is -2.39. The van der Waals surface area contributed by atoms with Crippen LogP contribution in [0.1, 0.15) is 28.2 Å². The molecule has 0 unspecified atom stereocenters. The number of rotatable bonds is 2. The third-order valence-corrected chi connectivity index (χ3v) is 4.48. The van der Waals surface area contributed by atoms with Gasteiger partial charge in [-0.3, -0.25) is 14.3 Å². The molecule has 122 valence electrons. The average Bonchev–Trinajstić information content (AvgIpc) is 2.92. The van der Waals surface area contributed by atoms with Crippen molar-refractivity contribution in [1.29, 1.82) is 0 Å². The Morgan fingerprint density at radius 2 is 2.21 bits per heavy atom. The van der Waals surface area contributed by atoms with E-state index in [9.17, 15) is 9.59 Å². The first kappa shape index (κ1) is 14.6. The number of hydrogen-bond acceptors (Lipinski definition) is 4. The number of carbonyl (C=O) groups is 1. The summed E-state index contributed by atoms with van der Waals surface area (Å²) >= 11 is 0. The van der Waals surface area contributed by atoms with E-state index in [4.69, 9.17) is 0 Å². The number of para-hydroxylation sites is 1. The minimum atomic E-state index is -0.212. The Balaban J connectivity index is 1.57. The largest absolute Gasteiger partial charge is 0.348 e. The first-order chi connectivity index (χ1) is 11.6. The third kappa shape index (κ3) is 2.47. The second-order valence-electron chi connectivity index (χ2n) is 6.11. The van der Waals surface area contributed by atoms with Crippen molar-refractivity contribution in [3.05, 3.63) is 57.6 Å². The van der Waals surface area contributed by atoms with Gasteiger partial charge in [0.1, 0.15) is 0 Å². The molecule has 24 heavy (non-hydrogen) atoms. The predicted octanol–water partition coefficient (Wildman–Crippen LogP) is 0.944. The summed E-state index contributed by atoms with van der Waals surface area (Å²) in [5, 5.41) is 14.8. The van der Waals surface area contributed by atoms with Crippen LogP contribution < -0.4 is 10.9 Å². The number of nitrogens with zero attached hydrogens (tertiary/aromatic N) is 3. The lowest BCUT2D eigenvalue weighted by Gasteiger charge is -2.23. The highest BCUT2D eigenvalue weighted by atomic mass is 16.2. The molecular weight excluding hydrogens is 306 g/mol. The third-order valence-electron chi connectivity index (χ3n) is 4.48. The molecule has 0 aliphatic heterocycles. The van der Waals surface area contributed by atoms with Crippen LogP contribution in [0.4, 0.5) is 0 Å². The van der Waals surface area contributed by atoms with Crippen molar-refractivity contribution < 1.29 is 4.79 Å². The number of hydrogen-bond donors (Lipinski definition) is 2. The monoisotopic (exact) mass is 323 g/mol. The molecule has 7 heteroatoms. The zero-order valence-corrected chi connectivity index (χ0v) is 13.2.